The molecule has 1 N–H and O–H groups in total. The van der Waals surface area contributed by atoms with Gasteiger partial charge >= 0.3 is 0 Å². The van der Waals surface area contributed by atoms with Gasteiger partial charge < -0.3 is 10.1 Å². The molecule has 0 spiro atoms. The van der Waals surface area contributed by atoms with Gasteiger partial charge in [0, 0.05) is 6.54 Å². The monoisotopic (exact) mass is 248 g/mol. The molecule has 5 heteroatoms. The number of rotatable bonds is 4. The van der Waals surface area contributed by atoms with E-state index in [1.165, 1.54) is 6.07 Å². The van der Waals surface area contributed by atoms with E-state index in [0.29, 0.717) is 18.5 Å². The maximum atomic E-state index is 13.3. The zero-order valence-electron chi connectivity index (χ0n) is 9.78. The molecule has 0 atom stereocenters. The lowest BCUT2D eigenvalue weighted by Crippen LogP contribution is -2.53. The van der Waals surface area contributed by atoms with E-state index in [4.69, 9.17) is 10.00 Å². The molecule has 18 heavy (non-hydrogen) atoms. The van der Waals surface area contributed by atoms with Gasteiger partial charge in [0.25, 0.3) is 0 Å². The normalized spacial score (nSPS) is 16.4. The lowest BCUT2D eigenvalue weighted by atomic mass is 9.87. The fourth-order valence-electron chi connectivity index (χ4n) is 1.73. The molecule has 0 bridgehead atoms. The first-order valence-electron chi connectivity index (χ1n) is 5.69. The highest BCUT2D eigenvalue weighted by molar-refractivity contribution is 5.86. The molecule has 1 aromatic rings. The van der Waals surface area contributed by atoms with Gasteiger partial charge in [-0.1, -0.05) is 18.2 Å². The van der Waals surface area contributed by atoms with Crippen molar-refractivity contribution in [3.8, 4) is 6.07 Å². The van der Waals surface area contributed by atoms with Crippen LogP contribution < -0.4 is 5.32 Å². The summed E-state index contributed by atoms with van der Waals surface area (Å²) in [6.07, 6.45) is 0.404. The Kier molecular flexibility index (Phi) is 3.58. The first-order valence-corrected chi connectivity index (χ1v) is 5.69. The summed E-state index contributed by atoms with van der Waals surface area (Å²) in [4.78, 5) is 11.7. The second-order valence-corrected chi connectivity index (χ2v) is 4.28. The van der Waals surface area contributed by atoms with Crippen LogP contribution in [-0.4, -0.2) is 25.7 Å². The van der Waals surface area contributed by atoms with E-state index in [9.17, 15) is 9.18 Å². The Hall–Kier alpha value is -1.93. The van der Waals surface area contributed by atoms with Gasteiger partial charge in [-0.3, -0.25) is 4.79 Å². The molecule has 1 amide bonds. The molecule has 0 radical (unpaired) electrons. The van der Waals surface area contributed by atoms with Crippen LogP contribution >= 0.6 is 0 Å². The number of nitrogens with zero attached hydrogens (tertiary/aromatic N) is 1. The molecule has 4 nitrogen and oxygen atoms in total. The maximum Gasteiger partial charge on any atom is 0.245 e. The predicted octanol–water partition coefficient (Wildman–Crippen LogP) is 1.02. The van der Waals surface area contributed by atoms with Crippen molar-refractivity contribution in [1.82, 2.24) is 5.32 Å². The van der Waals surface area contributed by atoms with E-state index in [-0.39, 0.29) is 24.9 Å². The van der Waals surface area contributed by atoms with Gasteiger partial charge in [0.05, 0.1) is 19.3 Å². The van der Waals surface area contributed by atoms with Gasteiger partial charge in [-0.2, -0.15) is 5.26 Å². The van der Waals surface area contributed by atoms with Gasteiger partial charge in [0.2, 0.25) is 5.91 Å². The van der Waals surface area contributed by atoms with Gasteiger partial charge in [0.1, 0.15) is 5.82 Å². The molecule has 1 aromatic carbocycles. The molecular weight excluding hydrogens is 235 g/mol. The van der Waals surface area contributed by atoms with Crippen molar-refractivity contribution in [3.05, 3.63) is 35.6 Å². The topological polar surface area (TPSA) is 62.1 Å². The fraction of sp³-hybridized carbons (Fsp3) is 0.385. The van der Waals surface area contributed by atoms with Crippen LogP contribution in [0.1, 0.15) is 5.56 Å². The standard InChI is InChI=1S/C13H13FN2O2/c14-11-4-2-1-3-10(11)5-6-16-12(17)13(7-15)8-18-9-13/h1-4H,5-6,8-9H2,(H,16,17). The number of amides is 1. The Morgan fingerprint density at radius 2 is 2.22 bits per heavy atom. The summed E-state index contributed by atoms with van der Waals surface area (Å²) in [5.74, 6) is -0.624. The number of benzene rings is 1. The summed E-state index contributed by atoms with van der Waals surface area (Å²) in [6, 6.07) is 8.39. The van der Waals surface area contributed by atoms with Crippen molar-refractivity contribution in [1.29, 1.82) is 5.26 Å². The molecule has 94 valence electrons. The maximum absolute atomic E-state index is 13.3. The first-order chi connectivity index (χ1) is 8.68. The number of hydrogen-bond acceptors (Lipinski definition) is 3. The predicted molar refractivity (Wildman–Crippen MR) is 62.0 cm³/mol. The average molecular weight is 248 g/mol. The minimum absolute atomic E-state index is 0.134. The number of hydrogen-bond donors (Lipinski definition) is 1. The zero-order valence-corrected chi connectivity index (χ0v) is 9.78. The first kappa shape index (κ1) is 12.5. The third-order valence-electron chi connectivity index (χ3n) is 2.98. The lowest BCUT2D eigenvalue weighted by Gasteiger charge is -2.33. The van der Waals surface area contributed by atoms with Crippen LogP contribution in [-0.2, 0) is 16.0 Å². The van der Waals surface area contributed by atoms with Gasteiger partial charge in [0.15, 0.2) is 5.41 Å². The molecule has 1 heterocycles. The van der Waals surface area contributed by atoms with Crippen LogP contribution in [0.3, 0.4) is 0 Å². The average Bonchev–Trinajstić information content (AvgIpc) is 2.31. The van der Waals surface area contributed by atoms with E-state index < -0.39 is 5.41 Å². The minimum Gasteiger partial charge on any atom is -0.377 e. The molecular formula is C13H13FN2O2. The molecule has 2 rings (SSSR count). The number of nitriles is 1. The van der Waals surface area contributed by atoms with Crippen LogP contribution in [0.25, 0.3) is 0 Å². The molecule has 0 aliphatic carbocycles. The quantitative estimate of drug-likeness (QED) is 0.865. The zero-order chi connectivity index (χ0) is 13.0. The van der Waals surface area contributed by atoms with Crippen molar-refractivity contribution in [3.63, 3.8) is 0 Å². The van der Waals surface area contributed by atoms with E-state index in [1.54, 1.807) is 18.2 Å². The van der Waals surface area contributed by atoms with E-state index >= 15 is 0 Å². The Balaban J connectivity index is 1.85. The highest BCUT2D eigenvalue weighted by Crippen LogP contribution is 2.26. The van der Waals surface area contributed by atoms with Crippen LogP contribution in [0.2, 0.25) is 0 Å². The van der Waals surface area contributed by atoms with Crippen LogP contribution in [0.5, 0.6) is 0 Å². The Labute approximate surface area is 104 Å². The molecule has 1 aliphatic heterocycles. The number of nitrogens with one attached hydrogen (secondary N) is 1. The van der Waals surface area contributed by atoms with E-state index in [1.807, 2.05) is 6.07 Å². The van der Waals surface area contributed by atoms with Crippen molar-refractivity contribution in [2.45, 2.75) is 6.42 Å². The van der Waals surface area contributed by atoms with Gasteiger partial charge in [-0.15, -0.1) is 0 Å². The molecule has 1 fully saturated rings. The molecule has 1 aliphatic rings. The van der Waals surface area contributed by atoms with Crippen molar-refractivity contribution < 1.29 is 13.9 Å². The molecule has 0 aromatic heterocycles. The van der Waals surface area contributed by atoms with Crippen LogP contribution in [0.4, 0.5) is 4.39 Å². The number of carbonyl (C=O) groups excluding carboxylic acids is 1. The summed E-state index contributed by atoms with van der Waals surface area (Å²) in [5, 5.41) is 11.6. The molecule has 0 saturated carbocycles. The third kappa shape index (κ3) is 2.34. The van der Waals surface area contributed by atoms with Crippen LogP contribution in [0.15, 0.2) is 24.3 Å². The number of carbonyl (C=O) groups is 1. The third-order valence-corrected chi connectivity index (χ3v) is 2.98. The molecule has 1 saturated heterocycles. The largest absolute Gasteiger partial charge is 0.377 e. The number of ether oxygens (including phenoxy) is 1. The lowest BCUT2D eigenvalue weighted by molar-refractivity contribution is -0.149. The van der Waals surface area contributed by atoms with E-state index in [2.05, 4.69) is 5.32 Å². The molecule has 0 unspecified atom stereocenters. The Morgan fingerprint density at radius 3 is 2.78 bits per heavy atom. The Bertz CT molecular complexity index is 492. The van der Waals surface area contributed by atoms with Crippen molar-refractivity contribution in [2.24, 2.45) is 5.41 Å². The van der Waals surface area contributed by atoms with Crippen LogP contribution in [0, 0.1) is 22.6 Å². The summed E-state index contributed by atoms with van der Waals surface area (Å²) in [6.45, 7) is 0.577. The smallest absolute Gasteiger partial charge is 0.245 e. The van der Waals surface area contributed by atoms with E-state index in [0.717, 1.165) is 0 Å². The highest BCUT2D eigenvalue weighted by atomic mass is 19.1. The number of halogens is 1. The van der Waals surface area contributed by atoms with Crippen molar-refractivity contribution in [2.75, 3.05) is 19.8 Å². The van der Waals surface area contributed by atoms with Gasteiger partial charge in [-0.05, 0) is 18.1 Å². The second kappa shape index (κ2) is 5.15. The summed E-state index contributed by atoms with van der Waals surface area (Å²) >= 11 is 0. The summed E-state index contributed by atoms with van der Waals surface area (Å²) < 4.78 is 18.2. The second-order valence-electron chi connectivity index (χ2n) is 4.28. The summed E-state index contributed by atoms with van der Waals surface area (Å²) in [7, 11) is 0. The Morgan fingerprint density at radius 1 is 1.50 bits per heavy atom. The van der Waals surface area contributed by atoms with Crippen molar-refractivity contribution >= 4 is 5.91 Å². The highest BCUT2D eigenvalue weighted by Gasteiger charge is 2.46. The summed E-state index contributed by atoms with van der Waals surface area (Å²) in [5.41, 5.74) is -0.497. The SMILES string of the molecule is N#CC1(C(=O)NCCc2ccccc2F)COC1. The minimum atomic E-state index is -1.05. The fourth-order valence-corrected chi connectivity index (χ4v) is 1.73. The van der Waals surface area contributed by atoms with Gasteiger partial charge in [-0.25, -0.2) is 4.39 Å².